The van der Waals surface area contributed by atoms with E-state index < -0.39 is 10.0 Å². The standard InChI is InChI=1S/C27H31N3O5S/c1-19-8-9-20(2)24(14-19)27(31)30-16-25(34-4)26(17-30)35-23-7-5-6-21(15-23)18-36(32,33)29(3)22-10-12-28-13-11-22/h5-15,25-26H,16-18H2,1-4H3. The summed E-state index contributed by atoms with van der Waals surface area (Å²) in [6.45, 7) is 4.68. The van der Waals surface area contributed by atoms with Crippen LogP contribution in [0.1, 0.15) is 27.0 Å². The molecule has 1 fully saturated rings. The number of amides is 1. The minimum Gasteiger partial charge on any atom is -0.486 e. The molecule has 2 unspecified atom stereocenters. The van der Waals surface area contributed by atoms with E-state index in [0.717, 1.165) is 11.1 Å². The van der Waals surface area contributed by atoms with Crippen LogP contribution in [0.3, 0.4) is 0 Å². The number of carbonyl (C=O) groups excluding carboxylic acids is 1. The van der Waals surface area contributed by atoms with Gasteiger partial charge in [0, 0.05) is 32.1 Å². The first-order valence-electron chi connectivity index (χ1n) is 11.7. The van der Waals surface area contributed by atoms with E-state index in [4.69, 9.17) is 9.47 Å². The van der Waals surface area contributed by atoms with Gasteiger partial charge in [-0.25, -0.2) is 8.42 Å². The summed E-state index contributed by atoms with van der Waals surface area (Å²) < 4.78 is 39.0. The second-order valence-corrected chi connectivity index (χ2v) is 11.0. The molecule has 190 valence electrons. The lowest BCUT2D eigenvalue weighted by Gasteiger charge is -2.21. The Bertz CT molecular complexity index is 1330. The van der Waals surface area contributed by atoms with Gasteiger partial charge in [0.05, 0.1) is 24.5 Å². The minimum absolute atomic E-state index is 0.0525. The number of hydrogen-bond acceptors (Lipinski definition) is 6. The Morgan fingerprint density at radius 2 is 1.78 bits per heavy atom. The predicted molar refractivity (Wildman–Crippen MR) is 139 cm³/mol. The molecule has 0 radical (unpaired) electrons. The summed E-state index contributed by atoms with van der Waals surface area (Å²) in [4.78, 5) is 18.9. The van der Waals surface area contributed by atoms with Crippen molar-refractivity contribution in [3.63, 3.8) is 0 Å². The van der Waals surface area contributed by atoms with Crippen LogP contribution in [0, 0.1) is 13.8 Å². The van der Waals surface area contributed by atoms with Gasteiger partial charge in [-0.05, 0) is 55.3 Å². The normalized spacial score (nSPS) is 17.7. The average molecular weight is 510 g/mol. The average Bonchev–Trinajstić information content (AvgIpc) is 3.27. The van der Waals surface area contributed by atoms with Crippen LogP contribution in [0.2, 0.25) is 0 Å². The van der Waals surface area contributed by atoms with Crippen molar-refractivity contribution in [2.75, 3.05) is 31.6 Å². The second-order valence-electron chi connectivity index (χ2n) is 9.04. The van der Waals surface area contributed by atoms with E-state index in [1.807, 2.05) is 32.0 Å². The van der Waals surface area contributed by atoms with E-state index in [1.54, 1.807) is 60.8 Å². The molecule has 3 aromatic rings. The minimum atomic E-state index is -3.61. The van der Waals surface area contributed by atoms with Crippen molar-refractivity contribution in [1.29, 1.82) is 0 Å². The Balaban J connectivity index is 1.46. The summed E-state index contributed by atoms with van der Waals surface area (Å²) >= 11 is 0. The molecule has 0 aliphatic carbocycles. The van der Waals surface area contributed by atoms with Crippen molar-refractivity contribution in [1.82, 2.24) is 9.88 Å². The van der Waals surface area contributed by atoms with Gasteiger partial charge in [0.25, 0.3) is 5.91 Å². The number of aryl methyl sites for hydroxylation is 2. The molecule has 0 bridgehead atoms. The van der Waals surface area contributed by atoms with Crippen LogP contribution in [0.15, 0.2) is 67.0 Å². The summed E-state index contributed by atoms with van der Waals surface area (Å²) in [6, 6.07) is 16.2. The number of carbonyl (C=O) groups is 1. The second kappa shape index (κ2) is 10.7. The smallest absolute Gasteiger partial charge is 0.254 e. The van der Waals surface area contributed by atoms with Gasteiger partial charge in [-0.3, -0.25) is 14.1 Å². The lowest BCUT2D eigenvalue weighted by Crippen LogP contribution is -2.32. The molecule has 36 heavy (non-hydrogen) atoms. The molecule has 0 saturated carbocycles. The number of aromatic nitrogens is 1. The molecule has 1 saturated heterocycles. The number of sulfonamides is 1. The van der Waals surface area contributed by atoms with Gasteiger partial charge in [-0.2, -0.15) is 0 Å². The Morgan fingerprint density at radius 1 is 1.06 bits per heavy atom. The molecule has 0 spiro atoms. The SMILES string of the molecule is COC1CN(C(=O)c2cc(C)ccc2C)CC1Oc1cccc(CS(=O)(=O)N(C)c2ccncc2)c1. The number of methoxy groups -OCH3 is 1. The van der Waals surface area contributed by atoms with E-state index in [-0.39, 0.29) is 23.9 Å². The van der Waals surface area contributed by atoms with Crippen molar-refractivity contribution in [2.24, 2.45) is 0 Å². The molecule has 4 rings (SSSR count). The monoisotopic (exact) mass is 509 g/mol. The molecular formula is C27H31N3O5S. The predicted octanol–water partition coefficient (Wildman–Crippen LogP) is 3.58. The van der Waals surface area contributed by atoms with Gasteiger partial charge in [0.2, 0.25) is 10.0 Å². The molecule has 2 atom stereocenters. The van der Waals surface area contributed by atoms with E-state index in [1.165, 1.54) is 11.4 Å². The highest BCUT2D eigenvalue weighted by molar-refractivity contribution is 7.92. The number of hydrogen-bond donors (Lipinski definition) is 0. The van der Waals surface area contributed by atoms with Crippen molar-refractivity contribution in [3.05, 3.63) is 89.2 Å². The molecule has 9 heteroatoms. The number of anilines is 1. The van der Waals surface area contributed by atoms with Crippen LogP contribution in [-0.2, 0) is 20.5 Å². The van der Waals surface area contributed by atoms with Crippen molar-refractivity contribution >= 4 is 21.6 Å². The topological polar surface area (TPSA) is 89.0 Å². The van der Waals surface area contributed by atoms with E-state index in [0.29, 0.717) is 35.7 Å². The number of rotatable bonds is 8. The quantitative estimate of drug-likeness (QED) is 0.461. The third-order valence-electron chi connectivity index (χ3n) is 6.41. The molecular weight excluding hydrogens is 478 g/mol. The van der Waals surface area contributed by atoms with E-state index in [2.05, 4.69) is 4.98 Å². The maximum atomic E-state index is 13.2. The van der Waals surface area contributed by atoms with Crippen molar-refractivity contribution < 1.29 is 22.7 Å². The largest absolute Gasteiger partial charge is 0.486 e. The zero-order chi connectivity index (χ0) is 25.9. The first-order valence-corrected chi connectivity index (χ1v) is 13.3. The molecule has 2 aromatic carbocycles. The fourth-order valence-electron chi connectivity index (χ4n) is 4.29. The summed E-state index contributed by atoms with van der Waals surface area (Å²) in [6.07, 6.45) is 2.43. The highest BCUT2D eigenvalue weighted by atomic mass is 32.2. The Hall–Kier alpha value is -3.43. The Kier molecular flexibility index (Phi) is 7.61. The first kappa shape index (κ1) is 25.7. The molecule has 2 heterocycles. The lowest BCUT2D eigenvalue weighted by atomic mass is 10.0. The van der Waals surface area contributed by atoms with Gasteiger partial charge in [0.15, 0.2) is 0 Å². The van der Waals surface area contributed by atoms with Crippen LogP contribution in [0.4, 0.5) is 5.69 Å². The van der Waals surface area contributed by atoms with Crippen LogP contribution < -0.4 is 9.04 Å². The van der Waals surface area contributed by atoms with Gasteiger partial charge < -0.3 is 14.4 Å². The summed E-state index contributed by atoms with van der Waals surface area (Å²) in [5, 5.41) is 0. The van der Waals surface area contributed by atoms with Gasteiger partial charge >= 0.3 is 0 Å². The third-order valence-corrected chi connectivity index (χ3v) is 8.15. The van der Waals surface area contributed by atoms with Gasteiger partial charge in [0.1, 0.15) is 18.0 Å². The Morgan fingerprint density at radius 3 is 2.50 bits per heavy atom. The Labute approximate surface area is 212 Å². The fraction of sp³-hybridized carbons (Fsp3) is 0.333. The van der Waals surface area contributed by atoms with Crippen LogP contribution in [0.5, 0.6) is 5.75 Å². The zero-order valence-corrected chi connectivity index (χ0v) is 21.7. The van der Waals surface area contributed by atoms with Gasteiger partial charge in [-0.1, -0.05) is 29.8 Å². The maximum Gasteiger partial charge on any atom is 0.254 e. The number of likely N-dealkylation sites (tertiary alicyclic amines) is 1. The van der Waals surface area contributed by atoms with Crippen LogP contribution >= 0.6 is 0 Å². The number of nitrogens with zero attached hydrogens (tertiary/aromatic N) is 3. The highest BCUT2D eigenvalue weighted by Gasteiger charge is 2.37. The number of ether oxygens (including phenoxy) is 2. The van der Waals surface area contributed by atoms with Crippen molar-refractivity contribution in [3.8, 4) is 5.75 Å². The van der Waals surface area contributed by atoms with Crippen LogP contribution in [0.25, 0.3) is 0 Å². The van der Waals surface area contributed by atoms with Crippen LogP contribution in [-0.4, -0.2) is 63.7 Å². The summed E-state index contributed by atoms with van der Waals surface area (Å²) in [7, 11) is -0.488. The molecule has 1 aromatic heterocycles. The highest BCUT2D eigenvalue weighted by Crippen LogP contribution is 2.25. The van der Waals surface area contributed by atoms with E-state index in [9.17, 15) is 13.2 Å². The number of benzene rings is 2. The molecule has 1 amide bonds. The molecule has 1 aliphatic rings. The third kappa shape index (κ3) is 5.68. The van der Waals surface area contributed by atoms with Crippen molar-refractivity contribution in [2.45, 2.75) is 31.8 Å². The van der Waals surface area contributed by atoms with E-state index >= 15 is 0 Å². The summed E-state index contributed by atoms with van der Waals surface area (Å²) in [5.74, 6) is 0.296. The first-order chi connectivity index (χ1) is 17.2. The summed E-state index contributed by atoms with van der Waals surface area (Å²) in [5.41, 5.74) is 3.77. The lowest BCUT2D eigenvalue weighted by molar-refractivity contribution is 0.0339. The maximum absolute atomic E-state index is 13.2. The van der Waals surface area contributed by atoms with Gasteiger partial charge in [-0.15, -0.1) is 0 Å². The molecule has 0 N–H and O–H groups in total. The fourth-order valence-corrected chi connectivity index (χ4v) is 5.53. The molecule has 1 aliphatic heterocycles. The zero-order valence-electron chi connectivity index (χ0n) is 20.9. The number of pyridine rings is 1. The molecule has 8 nitrogen and oxygen atoms in total.